The third kappa shape index (κ3) is 5.33. The Labute approximate surface area is 165 Å². The van der Waals surface area contributed by atoms with Gasteiger partial charge >= 0.3 is 0 Å². The van der Waals surface area contributed by atoms with Crippen molar-refractivity contribution < 1.29 is 4.74 Å². The summed E-state index contributed by atoms with van der Waals surface area (Å²) in [5.41, 5.74) is 3.31. The first-order valence-corrected chi connectivity index (χ1v) is 9.40. The molecule has 146 valence electrons. The molecule has 7 heteroatoms. The fourth-order valence-electron chi connectivity index (χ4n) is 2.79. The minimum absolute atomic E-state index is 0.593. The first kappa shape index (κ1) is 19.4. The molecule has 2 N–H and O–H groups in total. The van der Waals surface area contributed by atoms with Crippen LogP contribution in [0.4, 0.5) is 0 Å². The van der Waals surface area contributed by atoms with E-state index >= 15 is 0 Å². The normalized spacial score (nSPS) is 11.3. The summed E-state index contributed by atoms with van der Waals surface area (Å²) in [7, 11) is 1.76. The number of nitrogens with one attached hydrogen (secondary N) is 2. The van der Waals surface area contributed by atoms with E-state index in [1.807, 2.05) is 36.0 Å². The molecule has 0 aliphatic carbocycles. The van der Waals surface area contributed by atoms with Crippen LogP contribution in [0.2, 0.25) is 0 Å². The van der Waals surface area contributed by atoms with Gasteiger partial charge in [0.05, 0.1) is 12.3 Å². The molecule has 28 heavy (non-hydrogen) atoms. The largest absolute Gasteiger partial charge is 0.478 e. The number of aliphatic imine (C=N–C) groups is 1. The van der Waals surface area contributed by atoms with Gasteiger partial charge in [-0.3, -0.25) is 4.99 Å². The van der Waals surface area contributed by atoms with Crippen molar-refractivity contribution in [1.82, 2.24) is 25.4 Å². The van der Waals surface area contributed by atoms with Crippen LogP contribution in [0.15, 0.2) is 66.0 Å². The quantitative estimate of drug-likeness (QED) is 0.465. The minimum Gasteiger partial charge on any atom is -0.478 e. The Morgan fingerprint density at radius 2 is 1.96 bits per heavy atom. The maximum absolute atomic E-state index is 5.56. The molecule has 2 aromatic heterocycles. The molecule has 2 heterocycles. The van der Waals surface area contributed by atoms with E-state index in [1.54, 1.807) is 19.4 Å². The second kappa shape index (κ2) is 10.1. The lowest BCUT2D eigenvalue weighted by Gasteiger charge is -2.14. The predicted octanol–water partition coefficient (Wildman–Crippen LogP) is 2.57. The molecule has 0 radical (unpaired) electrons. The highest BCUT2D eigenvalue weighted by molar-refractivity contribution is 5.79. The van der Waals surface area contributed by atoms with E-state index in [9.17, 15) is 0 Å². The van der Waals surface area contributed by atoms with Crippen LogP contribution in [0.25, 0.3) is 5.69 Å². The van der Waals surface area contributed by atoms with E-state index in [0.29, 0.717) is 19.0 Å². The lowest BCUT2D eigenvalue weighted by molar-refractivity contribution is 0.322. The highest BCUT2D eigenvalue weighted by Gasteiger charge is 2.05. The Bertz CT molecular complexity index is 874. The highest BCUT2D eigenvalue weighted by Crippen LogP contribution is 2.13. The van der Waals surface area contributed by atoms with Gasteiger partial charge in [-0.15, -0.1) is 0 Å². The van der Waals surface area contributed by atoms with Crippen molar-refractivity contribution in [2.45, 2.75) is 19.9 Å². The monoisotopic (exact) mass is 378 g/mol. The zero-order valence-electron chi connectivity index (χ0n) is 16.3. The van der Waals surface area contributed by atoms with Crippen LogP contribution < -0.4 is 15.4 Å². The van der Waals surface area contributed by atoms with Crippen molar-refractivity contribution in [3.63, 3.8) is 0 Å². The van der Waals surface area contributed by atoms with Crippen LogP contribution in [0, 0.1) is 0 Å². The summed E-state index contributed by atoms with van der Waals surface area (Å²) in [6.07, 6.45) is 6.35. The van der Waals surface area contributed by atoms with Crippen molar-refractivity contribution in [3.8, 4) is 11.6 Å². The van der Waals surface area contributed by atoms with Gasteiger partial charge in [0, 0.05) is 44.3 Å². The van der Waals surface area contributed by atoms with Gasteiger partial charge in [0.15, 0.2) is 5.96 Å². The molecule has 1 aromatic carbocycles. The Morgan fingerprint density at radius 1 is 1.11 bits per heavy atom. The molecule has 0 amide bonds. The second-order valence-electron chi connectivity index (χ2n) is 6.12. The number of hydrogen-bond acceptors (Lipinski definition) is 4. The second-order valence-corrected chi connectivity index (χ2v) is 6.12. The van der Waals surface area contributed by atoms with Crippen LogP contribution in [-0.4, -0.2) is 40.9 Å². The Kier molecular flexibility index (Phi) is 7.01. The van der Waals surface area contributed by atoms with Crippen molar-refractivity contribution in [2.75, 3.05) is 20.2 Å². The van der Waals surface area contributed by atoms with E-state index in [0.717, 1.165) is 30.2 Å². The maximum Gasteiger partial charge on any atom is 0.218 e. The average Bonchev–Trinajstić information content (AvgIpc) is 3.27. The van der Waals surface area contributed by atoms with Gasteiger partial charge in [-0.05, 0) is 43.2 Å². The van der Waals surface area contributed by atoms with Gasteiger partial charge in [0.25, 0.3) is 0 Å². The molecule has 3 rings (SSSR count). The molecule has 0 aliphatic heterocycles. The lowest BCUT2D eigenvalue weighted by Crippen LogP contribution is -2.38. The number of hydrogen-bond donors (Lipinski definition) is 2. The van der Waals surface area contributed by atoms with E-state index in [-0.39, 0.29) is 0 Å². The van der Waals surface area contributed by atoms with Gasteiger partial charge < -0.3 is 15.4 Å². The van der Waals surface area contributed by atoms with Gasteiger partial charge in [0.1, 0.15) is 0 Å². The summed E-state index contributed by atoms with van der Waals surface area (Å²) in [4.78, 5) is 8.55. The Morgan fingerprint density at radius 3 is 2.68 bits per heavy atom. The third-order valence-electron chi connectivity index (χ3n) is 4.21. The van der Waals surface area contributed by atoms with Crippen molar-refractivity contribution in [1.29, 1.82) is 0 Å². The maximum atomic E-state index is 5.56. The number of aromatic nitrogens is 3. The Hall–Kier alpha value is -3.35. The van der Waals surface area contributed by atoms with Crippen molar-refractivity contribution in [3.05, 3.63) is 72.2 Å². The molecular weight excluding hydrogens is 352 g/mol. The van der Waals surface area contributed by atoms with E-state index < -0.39 is 0 Å². The number of ether oxygens (including phenoxy) is 1. The molecule has 0 fully saturated rings. The number of benzene rings is 1. The fraction of sp³-hybridized carbons (Fsp3) is 0.286. The van der Waals surface area contributed by atoms with Crippen LogP contribution in [0.5, 0.6) is 5.88 Å². The van der Waals surface area contributed by atoms with E-state index in [2.05, 4.69) is 50.0 Å². The highest BCUT2D eigenvalue weighted by atomic mass is 16.5. The number of guanidine groups is 1. The number of pyridine rings is 1. The molecule has 0 saturated heterocycles. The predicted molar refractivity (Wildman–Crippen MR) is 111 cm³/mol. The van der Waals surface area contributed by atoms with Crippen LogP contribution in [0.3, 0.4) is 0 Å². The van der Waals surface area contributed by atoms with Crippen molar-refractivity contribution >= 4 is 5.96 Å². The fourth-order valence-corrected chi connectivity index (χ4v) is 2.79. The summed E-state index contributed by atoms with van der Waals surface area (Å²) in [6.45, 7) is 3.93. The number of rotatable bonds is 8. The minimum atomic E-state index is 0.593. The molecule has 3 aromatic rings. The van der Waals surface area contributed by atoms with Gasteiger partial charge in [-0.2, -0.15) is 5.10 Å². The zero-order valence-corrected chi connectivity index (χ0v) is 16.3. The van der Waals surface area contributed by atoms with E-state index in [1.165, 1.54) is 5.56 Å². The first-order chi connectivity index (χ1) is 13.8. The topological polar surface area (TPSA) is 76.4 Å². The third-order valence-corrected chi connectivity index (χ3v) is 4.21. The first-order valence-electron chi connectivity index (χ1n) is 9.40. The molecule has 7 nitrogen and oxygen atoms in total. The molecule has 0 spiro atoms. The zero-order chi connectivity index (χ0) is 19.6. The molecule has 0 aliphatic rings. The molecule has 0 bridgehead atoms. The summed E-state index contributed by atoms with van der Waals surface area (Å²) >= 11 is 0. The molecule has 0 saturated carbocycles. The molecule has 0 atom stereocenters. The average molecular weight is 378 g/mol. The summed E-state index contributed by atoms with van der Waals surface area (Å²) in [5.74, 6) is 1.41. The van der Waals surface area contributed by atoms with Crippen LogP contribution in [0.1, 0.15) is 18.1 Å². The van der Waals surface area contributed by atoms with Crippen molar-refractivity contribution in [2.24, 2.45) is 4.99 Å². The standard InChI is InChI=1S/C21H26N6O/c1-3-28-20-18(6-4-12-23-20)16-25-21(22-2)24-14-11-17-7-9-19(10-8-17)27-15-5-13-26-27/h4-10,12-13,15H,3,11,14,16H2,1-2H3,(H2,22,24,25). The smallest absolute Gasteiger partial charge is 0.218 e. The Balaban J connectivity index is 1.47. The van der Waals surface area contributed by atoms with Gasteiger partial charge in [-0.25, -0.2) is 9.67 Å². The van der Waals surface area contributed by atoms with Gasteiger partial charge in [-0.1, -0.05) is 18.2 Å². The molecule has 0 unspecified atom stereocenters. The lowest BCUT2D eigenvalue weighted by atomic mass is 10.1. The number of nitrogens with zero attached hydrogens (tertiary/aromatic N) is 4. The van der Waals surface area contributed by atoms with Crippen LogP contribution >= 0.6 is 0 Å². The summed E-state index contributed by atoms with van der Waals surface area (Å²) in [6, 6.07) is 14.2. The van der Waals surface area contributed by atoms with Gasteiger partial charge in [0.2, 0.25) is 5.88 Å². The SMILES string of the molecule is CCOc1ncccc1CNC(=NC)NCCc1ccc(-n2cccn2)cc1. The van der Waals surface area contributed by atoms with Crippen LogP contribution in [-0.2, 0) is 13.0 Å². The molecular formula is C21H26N6O. The van der Waals surface area contributed by atoms with E-state index in [4.69, 9.17) is 4.74 Å². The summed E-state index contributed by atoms with van der Waals surface area (Å²) in [5, 5.41) is 10.9. The summed E-state index contributed by atoms with van der Waals surface area (Å²) < 4.78 is 7.41.